The van der Waals surface area contributed by atoms with E-state index in [0.29, 0.717) is 31.2 Å². The topological polar surface area (TPSA) is 204 Å². The van der Waals surface area contributed by atoms with Gasteiger partial charge in [0.2, 0.25) is 21.8 Å². The largest absolute Gasteiger partial charge is 0.444 e. The van der Waals surface area contributed by atoms with Gasteiger partial charge < -0.3 is 25.0 Å². The van der Waals surface area contributed by atoms with Crippen molar-refractivity contribution < 1.29 is 41.9 Å². The van der Waals surface area contributed by atoms with Crippen LogP contribution in [0.3, 0.4) is 0 Å². The summed E-state index contributed by atoms with van der Waals surface area (Å²) in [6.45, 7) is 5.43. The number of alkyl carbamates (subject to hydrolysis) is 1. The molecule has 0 spiro atoms. The van der Waals surface area contributed by atoms with Crippen LogP contribution in [0, 0.1) is 17.2 Å². The van der Waals surface area contributed by atoms with Crippen molar-refractivity contribution in [2.75, 3.05) is 6.54 Å². The van der Waals surface area contributed by atoms with Gasteiger partial charge >= 0.3 is 12.2 Å². The Morgan fingerprint density at radius 1 is 1.06 bits per heavy atom. The number of rotatable bonds is 5. The molecule has 1 saturated heterocycles. The van der Waals surface area contributed by atoms with E-state index in [2.05, 4.69) is 21.4 Å². The molecule has 15 nitrogen and oxygen atoms in total. The standard InChI is InChI=1S/C36H46N6O9S/c1-35(2,3)51-33(46)38-28-10-8-6-4-5-7-9-25-17-36(25,32(45)40-52(48,49)27-13-14-27)39-30(43)29-16-26(21-42(29)31(28)44)50-34(47)41-19-23-12-11-22(18-37)15-24(23)20-41/h7,9,11-12,15,25-29H,4-6,8,10,13-14,16-17,19-21H2,1-3H3,(H,38,46)(H,39,43)(H,40,45)/t25-,26-,28-,29+,36-/m1/s1. The maximum Gasteiger partial charge on any atom is 0.410 e. The fourth-order valence-corrected chi connectivity index (χ4v) is 8.47. The first-order valence-corrected chi connectivity index (χ1v) is 19.5. The second kappa shape index (κ2) is 14.4. The van der Waals surface area contributed by atoms with Crippen molar-refractivity contribution in [3.05, 3.63) is 47.0 Å². The lowest BCUT2D eigenvalue weighted by Gasteiger charge is -2.30. The molecular formula is C36H46N6O9S. The van der Waals surface area contributed by atoms with Crippen molar-refractivity contribution in [2.24, 2.45) is 5.92 Å². The minimum absolute atomic E-state index is 0.0968. The van der Waals surface area contributed by atoms with Gasteiger partial charge in [-0.15, -0.1) is 0 Å². The number of hydrogen-bond acceptors (Lipinski definition) is 10. The van der Waals surface area contributed by atoms with Gasteiger partial charge in [0, 0.05) is 25.4 Å². The zero-order chi connectivity index (χ0) is 37.4. The first kappa shape index (κ1) is 37.1. The Hall–Kier alpha value is -4.65. The molecule has 0 bridgehead atoms. The van der Waals surface area contributed by atoms with E-state index in [4.69, 9.17) is 9.47 Å². The zero-order valence-corrected chi connectivity index (χ0v) is 30.5. The van der Waals surface area contributed by atoms with Gasteiger partial charge in [-0.3, -0.25) is 24.0 Å². The minimum atomic E-state index is -3.91. The molecule has 0 unspecified atom stereocenters. The van der Waals surface area contributed by atoms with Crippen molar-refractivity contribution in [1.82, 2.24) is 25.2 Å². The molecule has 280 valence electrons. The van der Waals surface area contributed by atoms with Crippen molar-refractivity contribution in [1.29, 1.82) is 5.26 Å². The molecule has 3 fully saturated rings. The van der Waals surface area contributed by atoms with Crippen LogP contribution in [-0.2, 0) is 47.0 Å². The third kappa shape index (κ3) is 8.35. The molecule has 0 aromatic heterocycles. The first-order valence-electron chi connectivity index (χ1n) is 17.9. The molecule has 16 heteroatoms. The Bertz CT molecular complexity index is 1810. The molecule has 3 N–H and O–H groups in total. The molecule has 3 aliphatic heterocycles. The molecule has 5 aliphatic rings. The van der Waals surface area contributed by atoms with E-state index in [1.807, 2.05) is 12.2 Å². The molecular weight excluding hydrogens is 692 g/mol. The summed E-state index contributed by atoms with van der Waals surface area (Å²) in [5.74, 6) is -2.57. The summed E-state index contributed by atoms with van der Waals surface area (Å²) in [5.41, 5.74) is -0.208. The lowest BCUT2D eigenvalue weighted by atomic mass is 10.0. The molecule has 1 aromatic carbocycles. The summed E-state index contributed by atoms with van der Waals surface area (Å²) < 4.78 is 39.0. The number of amides is 5. The summed E-state index contributed by atoms with van der Waals surface area (Å²) in [7, 11) is -3.91. The Balaban J connectivity index is 1.24. The summed E-state index contributed by atoms with van der Waals surface area (Å²) in [5, 5.41) is 14.1. The number of sulfonamides is 1. The summed E-state index contributed by atoms with van der Waals surface area (Å²) in [6.07, 6.45) is 5.37. The summed E-state index contributed by atoms with van der Waals surface area (Å²) in [4.78, 5) is 71.2. The first-order chi connectivity index (χ1) is 24.6. The molecule has 5 amide bonds. The van der Waals surface area contributed by atoms with Gasteiger partial charge in [0.05, 0.1) is 23.4 Å². The summed E-state index contributed by atoms with van der Waals surface area (Å²) >= 11 is 0. The SMILES string of the molecule is CC(C)(C)OC(=O)N[C@@H]1CCCCCC=C[C@@H]2C[C@@]2(C(=O)NS(=O)(=O)C2CC2)NC(=O)[C@@H]2C[C@@H](OC(=O)N3Cc4ccc(C#N)cc4C3)CN2C1=O. The average molecular weight is 739 g/mol. The van der Waals surface area contributed by atoms with Crippen LogP contribution in [0.2, 0.25) is 0 Å². The Morgan fingerprint density at radius 2 is 1.81 bits per heavy atom. The number of carbonyl (C=O) groups excluding carboxylic acids is 5. The maximum atomic E-state index is 14.3. The fourth-order valence-electron chi connectivity index (χ4n) is 7.11. The minimum Gasteiger partial charge on any atom is -0.444 e. The van der Waals surface area contributed by atoms with Crippen LogP contribution < -0.4 is 15.4 Å². The highest BCUT2D eigenvalue weighted by Crippen LogP contribution is 2.46. The van der Waals surface area contributed by atoms with E-state index >= 15 is 0 Å². The third-order valence-corrected chi connectivity index (χ3v) is 11.9. The quantitative estimate of drug-likeness (QED) is 0.377. The van der Waals surface area contributed by atoms with E-state index in [1.165, 1.54) is 9.80 Å². The van der Waals surface area contributed by atoms with Gasteiger partial charge in [0.15, 0.2) is 0 Å². The lowest BCUT2D eigenvalue weighted by molar-refractivity contribution is -0.141. The van der Waals surface area contributed by atoms with Gasteiger partial charge in [-0.25, -0.2) is 18.0 Å². The van der Waals surface area contributed by atoms with Crippen LogP contribution >= 0.6 is 0 Å². The normalized spacial score (nSPS) is 27.8. The number of carbonyl (C=O) groups is 5. The molecule has 3 heterocycles. The predicted molar refractivity (Wildman–Crippen MR) is 185 cm³/mol. The number of nitrogens with zero attached hydrogens (tertiary/aromatic N) is 3. The van der Waals surface area contributed by atoms with E-state index in [1.54, 1.807) is 39.0 Å². The monoisotopic (exact) mass is 738 g/mol. The van der Waals surface area contributed by atoms with E-state index in [0.717, 1.165) is 24.0 Å². The second-order valence-electron chi connectivity index (χ2n) is 15.4. The number of nitrogens with one attached hydrogen (secondary N) is 3. The van der Waals surface area contributed by atoms with Crippen molar-refractivity contribution in [2.45, 2.75) is 126 Å². The van der Waals surface area contributed by atoms with E-state index in [9.17, 15) is 37.7 Å². The van der Waals surface area contributed by atoms with Gasteiger partial charge in [-0.1, -0.05) is 31.1 Å². The highest BCUT2D eigenvalue weighted by Gasteiger charge is 2.62. The van der Waals surface area contributed by atoms with Gasteiger partial charge in [-0.2, -0.15) is 5.26 Å². The van der Waals surface area contributed by atoms with Crippen LogP contribution in [0.1, 0.15) is 95.2 Å². The lowest BCUT2D eigenvalue weighted by Crippen LogP contribution is -2.58. The summed E-state index contributed by atoms with van der Waals surface area (Å²) in [6, 6.07) is 5.01. The van der Waals surface area contributed by atoms with Crippen LogP contribution in [0.25, 0.3) is 0 Å². The van der Waals surface area contributed by atoms with Gasteiger partial charge in [0.25, 0.3) is 5.91 Å². The molecule has 1 aromatic rings. The van der Waals surface area contributed by atoms with Crippen LogP contribution in [0.4, 0.5) is 9.59 Å². The Labute approximate surface area is 303 Å². The van der Waals surface area contributed by atoms with Gasteiger partial charge in [-0.05, 0) is 82.6 Å². The number of allylic oxidation sites excluding steroid dienone is 1. The molecule has 2 saturated carbocycles. The highest BCUT2D eigenvalue weighted by molar-refractivity contribution is 7.91. The Morgan fingerprint density at radius 3 is 2.52 bits per heavy atom. The van der Waals surface area contributed by atoms with Crippen LogP contribution in [0.15, 0.2) is 30.4 Å². The van der Waals surface area contributed by atoms with Crippen LogP contribution in [0.5, 0.6) is 0 Å². The number of benzene rings is 1. The zero-order valence-electron chi connectivity index (χ0n) is 29.7. The molecule has 2 aliphatic carbocycles. The smallest absolute Gasteiger partial charge is 0.410 e. The van der Waals surface area contributed by atoms with Crippen molar-refractivity contribution in [3.8, 4) is 6.07 Å². The van der Waals surface area contributed by atoms with E-state index < -0.39 is 80.4 Å². The van der Waals surface area contributed by atoms with E-state index in [-0.39, 0.29) is 38.9 Å². The number of fused-ring (bicyclic) bond motifs is 3. The van der Waals surface area contributed by atoms with Crippen molar-refractivity contribution >= 4 is 39.9 Å². The number of ether oxygens (including phenoxy) is 2. The van der Waals surface area contributed by atoms with Gasteiger partial charge in [0.1, 0.15) is 29.3 Å². The number of hydrogen-bond donors (Lipinski definition) is 3. The fraction of sp³-hybridized carbons (Fsp3) is 0.611. The average Bonchev–Trinajstić information content (AvgIpc) is 3.96. The predicted octanol–water partition coefficient (Wildman–Crippen LogP) is 2.88. The molecule has 52 heavy (non-hydrogen) atoms. The molecule has 0 radical (unpaired) electrons. The maximum absolute atomic E-state index is 14.3. The molecule has 5 atom stereocenters. The van der Waals surface area contributed by atoms with Crippen molar-refractivity contribution in [3.63, 3.8) is 0 Å². The van der Waals surface area contributed by atoms with Crippen LogP contribution in [-0.4, -0.2) is 89.2 Å². The third-order valence-electron chi connectivity index (χ3n) is 10.1. The highest BCUT2D eigenvalue weighted by atomic mass is 32.2. The second-order valence-corrected chi connectivity index (χ2v) is 17.4. The Kier molecular flexibility index (Phi) is 10.3. The molecule has 6 rings (SSSR count). The number of nitriles is 1.